The standard InChI is InChI=1S/C52H42N2/c1-35-31-51-47(45-22-11-13-24-50(45)54(51)39-18-8-5-9-19-39)34-46(35)37-25-27-40(28-26-37)53(41-20-14-17-38(32-41)36-15-6-4-7-16-36)42-29-30-44-43-21-10-12-23-48(43)52(2,3)49(44)33-42/h4-30,32-35H,31H2,1-3H3. The van der Waals surface area contributed by atoms with Crippen LogP contribution in [0.3, 0.4) is 0 Å². The molecule has 7 aromatic carbocycles. The minimum absolute atomic E-state index is 0.0879. The first-order valence-corrected chi connectivity index (χ1v) is 19.2. The van der Waals surface area contributed by atoms with E-state index in [0.29, 0.717) is 5.92 Å². The molecule has 1 unspecified atom stereocenters. The number of hydrogen-bond acceptors (Lipinski definition) is 1. The number of hydrogen-bond donors (Lipinski definition) is 0. The van der Waals surface area contributed by atoms with Crippen molar-refractivity contribution in [3.05, 3.63) is 204 Å². The molecule has 0 spiro atoms. The van der Waals surface area contributed by atoms with Crippen LogP contribution in [0.4, 0.5) is 17.1 Å². The highest BCUT2D eigenvalue weighted by molar-refractivity contribution is 5.99. The number of rotatable bonds is 6. The van der Waals surface area contributed by atoms with E-state index in [4.69, 9.17) is 0 Å². The quantitative estimate of drug-likeness (QED) is 0.168. The lowest BCUT2D eigenvalue weighted by Gasteiger charge is -2.29. The largest absolute Gasteiger partial charge is 0.313 e. The summed E-state index contributed by atoms with van der Waals surface area (Å²) >= 11 is 0. The van der Waals surface area contributed by atoms with Gasteiger partial charge in [0.25, 0.3) is 0 Å². The van der Waals surface area contributed by atoms with Gasteiger partial charge in [-0.15, -0.1) is 0 Å². The zero-order valence-corrected chi connectivity index (χ0v) is 31.0. The van der Waals surface area contributed by atoms with Gasteiger partial charge in [-0.1, -0.05) is 142 Å². The van der Waals surface area contributed by atoms with Gasteiger partial charge in [-0.2, -0.15) is 0 Å². The molecule has 0 saturated heterocycles. The van der Waals surface area contributed by atoms with Crippen LogP contribution in [-0.4, -0.2) is 4.57 Å². The molecule has 1 atom stereocenters. The van der Waals surface area contributed by atoms with E-state index in [1.807, 2.05) is 0 Å². The van der Waals surface area contributed by atoms with E-state index in [1.165, 1.54) is 72.4 Å². The number of anilines is 3. The summed E-state index contributed by atoms with van der Waals surface area (Å²) in [6, 6.07) is 64.5. The topological polar surface area (TPSA) is 8.17 Å². The molecule has 2 aliphatic carbocycles. The van der Waals surface area contributed by atoms with Gasteiger partial charge in [-0.05, 0) is 118 Å². The van der Waals surface area contributed by atoms with Gasteiger partial charge in [-0.3, -0.25) is 0 Å². The number of para-hydroxylation sites is 2. The average molecular weight is 695 g/mol. The van der Waals surface area contributed by atoms with Crippen LogP contribution in [0, 0.1) is 5.92 Å². The van der Waals surface area contributed by atoms with Crippen LogP contribution >= 0.6 is 0 Å². The van der Waals surface area contributed by atoms with Crippen LogP contribution in [0.5, 0.6) is 0 Å². The Morgan fingerprint density at radius 2 is 1.19 bits per heavy atom. The van der Waals surface area contributed by atoms with Crippen LogP contribution in [0.25, 0.3) is 50.5 Å². The van der Waals surface area contributed by atoms with Crippen LogP contribution in [0.1, 0.15) is 48.7 Å². The zero-order valence-electron chi connectivity index (χ0n) is 31.0. The first kappa shape index (κ1) is 32.3. The van der Waals surface area contributed by atoms with Gasteiger partial charge in [0.15, 0.2) is 0 Å². The summed E-state index contributed by atoms with van der Waals surface area (Å²) in [7, 11) is 0. The van der Waals surface area contributed by atoms with E-state index in [2.05, 4.69) is 212 Å². The van der Waals surface area contributed by atoms with E-state index >= 15 is 0 Å². The molecule has 0 fully saturated rings. The van der Waals surface area contributed by atoms with Crippen molar-refractivity contribution in [1.29, 1.82) is 0 Å². The van der Waals surface area contributed by atoms with Crippen molar-refractivity contribution >= 4 is 39.6 Å². The van der Waals surface area contributed by atoms with Crippen LogP contribution in [0.2, 0.25) is 0 Å². The minimum atomic E-state index is -0.0879. The molecule has 1 heterocycles. The highest BCUT2D eigenvalue weighted by Crippen LogP contribution is 2.51. The smallest absolute Gasteiger partial charge is 0.0537 e. The molecule has 0 bridgehead atoms. The monoisotopic (exact) mass is 694 g/mol. The Kier molecular flexibility index (Phi) is 7.56. The molecule has 2 heteroatoms. The predicted molar refractivity (Wildman–Crippen MR) is 228 cm³/mol. The van der Waals surface area contributed by atoms with E-state index in [0.717, 1.165) is 23.5 Å². The maximum Gasteiger partial charge on any atom is 0.0537 e. The van der Waals surface area contributed by atoms with Crippen LogP contribution < -0.4 is 4.90 Å². The maximum absolute atomic E-state index is 2.47. The summed E-state index contributed by atoms with van der Waals surface area (Å²) < 4.78 is 2.47. The molecule has 0 radical (unpaired) electrons. The van der Waals surface area contributed by atoms with Gasteiger partial charge < -0.3 is 9.47 Å². The summed E-state index contributed by atoms with van der Waals surface area (Å²) in [5, 5.41) is 1.31. The molecule has 260 valence electrons. The Labute approximate surface area is 318 Å². The SMILES string of the molecule is CC1Cc2c(c3ccccc3n2-c2ccccc2)C=C1c1ccc(N(c2cccc(-c3ccccc3)c2)c2ccc3c(c2)C(C)(C)c2ccccc2-3)cc1. The number of fused-ring (bicyclic) bond motifs is 6. The van der Waals surface area contributed by atoms with Crippen LogP contribution in [0.15, 0.2) is 176 Å². The first-order valence-electron chi connectivity index (χ1n) is 19.2. The summed E-state index contributed by atoms with van der Waals surface area (Å²) in [5.74, 6) is 0.370. The molecular formula is C52H42N2. The third-order valence-electron chi connectivity index (χ3n) is 11.9. The molecule has 0 amide bonds. The lowest BCUT2D eigenvalue weighted by Crippen LogP contribution is -2.16. The molecule has 0 N–H and O–H groups in total. The van der Waals surface area contributed by atoms with Crippen molar-refractivity contribution in [1.82, 2.24) is 4.57 Å². The van der Waals surface area contributed by atoms with E-state index < -0.39 is 0 Å². The highest BCUT2D eigenvalue weighted by atomic mass is 15.1. The van der Waals surface area contributed by atoms with Crippen molar-refractivity contribution in [2.24, 2.45) is 5.92 Å². The van der Waals surface area contributed by atoms with Gasteiger partial charge in [0.1, 0.15) is 0 Å². The van der Waals surface area contributed by atoms with Gasteiger partial charge in [-0.25, -0.2) is 0 Å². The normalized spacial score (nSPS) is 15.3. The summed E-state index contributed by atoms with van der Waals surface area (Å²) in [6.07, 6.45) is 3.44. The average Bonchev–Trinajstić information content (AvgIpc) is 3.66. The molecule has 10 rings (SSSR count). The molecule has 8 aromatic rings. The van der Waals surface area contributed by atoms with Gasteiger partial charge >= 0.3 is 0 Å². The summed E-state index contributed by atoms with van der Waals surface area (Å²) in [6.45, 7) is 7.10. The van der Waals surface area contributed by atoms with E-state index in [1.54, 1.807) is 0 Å². The Hall–Kier alpha value is -6.38. The minimum Gasteiger partial charge on any atom is -0.313 e. The van der Waals surface area contributed by atoms with E-state index in [-0.39, 0.29) is 5.41 Å². The second-order valence-electron chi connectivity index (χ2n) is 15.5. The fourth-order valence-corrected chi connectivity index (χ4v) is 9.15. The number of allylic oxidation sites excluding steroid dienone is 1. The maximum atomic E-state index is 2.47. The molecular weight excluding hydrogens is 653 g/mol. The van der Waals surface area contributed by atoms with Crippen molar-refractivity contribution in [2.75, 3.05) is 4.90 Å². The van der Waals surface area contributed by atoms with E-state index in [9.17, 15) is 0 Å². The third-order valence-corrected chi connectivity index (χ3v) is 11.9. The second kappa shape index (κ2) is 12.6. The Balaban J connectivity index is 1.08. The molecule has 2 aliphatic rings. The lowest BCUT2D eigenvalue weighted by atomic mass is 9.82. The van der Waals surface area contributed by atoms with Crippen molar-refractivity contribution < 1.29 is 0 Å². The summed E-state index contributed by atoms with van der Waals surface area (Å²) in [4.78, 5) is 2.43. The fraction of sp³-hybridized carbons (Fsp3) is 0.115. The zero-order chi connectivity index (χ0) is 36.4. The van der Waals surface area contributed by atoms with Crippen molar-refractivity contribution in [3.8, 4) is 27.9 Å². The fourth-order valence-electron chi connectivity index (χ4n) is 9.15. The molecule has 0 aliphatic heterocycles. The Morgan fingerprint density at radius 3 is 2.00 bits per heavy atom. The molecule has 0 saturated carbocycles. The summed E-state index contributed by atoms with van der Waals surface area (Å²) in [5.41, 5.74) is 19.1. The van der Waals surface area contributed by atoms with Gasteiger partial charge in [0.05, 0.1) is 5.52 Å². The Bertz CT molecular complexity index is 2710. The third kappa shape index (κ3) is 5.16. The first-order chi connectivity index (χ1) is 26.5. The predicted octanol–water partition coefficient (Wildman–Crippen LogP) is 13.8. The number of aromatic nitrogens is 1. The molecule has 2 nitrogen and oxygen atoms in total. The van der Waals surface area contributed by atoms with Gasteiger partial charge in [0.2, 0.25) is 0 Å². The highest BCUT2D eigenvalue weighted by Gasteiger charge is 2.36. The van der Waals surface area contributed by atoms with Crippen LogP contribution in [-0.2, 0) is 11.8 Å². The van der Waals surface area contributed by atoms with Crippen molar-refractivity contribution in [3.63, 3.8) is 0 Å². The second-order valence-corrected chi connectivity index (χ2v) is 15.5. The molecule has 1 aromatic heterocycles. The number of benzene rings is 7. The van der Waals surface area contributed by atoms with Crippen molar-refractivity contribution in [2.45, 2.75) is 32.6 Å². The Morgan fingerprint density at radius 1 is 0.537 bits per heavy atom. The molecule has 54 heavy (non-hydrogen) atoms. The van der Waals surface area contributed by atoms with Gasteiger partial charge in [0, 0.05) is 44.8 Å². The number of nitrogens with zero attached hydrogens (tertiary/aromatic N) is 2. The lowest BCUT2D eigenvalue weighted by molar-refractivity contribution is 0.660.